The Morgan fingerprint density at radius 2 is 1.95 bits per heavy atom. The molecule has 21 heavy (non-hydrogen) atoms. The number of carbonyl (C=O) groups excluding carboxylic acids is 1. The molecule has 0 aromatic carbocycles. The van der Waals surface area contributed by atoms with Gasteiger partial charge in [-0.1, -0.05) is 19.8 Å². The second kappa shape index (κ2) is 7.74. The van der Waals surface area contributed by atoms with E-state index in [4.69, 9.17) is 9.84 Å². The average Bonchev–Trinajstić information content (AvgIpc) is 2.37. The average molecular weight is 321 g/mol. The third-order valence-corrected chi connectivity index (χ3v) is 4.89. The van der Waals surface area contributed by atoms with E-state index in [0.717, 1.165) is 12.8 Å². The third-order valence-electron chi connectivity index (χ3n) is 3.29. The maximum atomic E-state index is 12.1. The second-order valence-electron chi connectivity index (χ2n) is 5.37. The number of hydrogen-bond donors (Lipinski definition) is 1. The Hall–Kier alpha value is -1.15. The Bertz CT molecular complexity index is 475. The first-order valence-electron chi connectivity index (χ1n) is 7.11. The predicted octanol–water partition coefficient (Wildman–Crippen LogP) is 0.292. The lowest BCUT2D eigenvalue weighted by molar-refractivity contribution is -0.165. The van der Waals surface area contributed by atoms with Crippen LogP contribution in [0, 0.1) is 0 Å². The maximum absolute atomic E-state index is 12.1. The fraction of sp³-hybridized carbons (Fsp3) is 0.846. The maximum Gasteiger partial charge on any atom is 0.334 e. The van der Waals surface area contributed by atoms with E-state index in [1.807, 2.05) is 6.92 Å². The summed E-state index contributed by atoms with van der Waals surface area (Å²) in [6, 6.07) is 0. The number of hydrogen-bond acceptors (Lipinski definition) is 5. The number of rotatable bonds is 7. The van der Waals surface area contributed by atoms with Gasteiger partial charge in [0.15, 0.2) is 15.9 Å². The molecule has 0 aromatic rings. The summed E-state index contributed by atoms with van der Waals surface area (Å²) >= 11 is 0. The van der Waals surface area contributed by atoms with Crippen molar-refractivity contribution in [3.8, 4) is 0 Å². The minimum absolute atomic E-state index is 0.00513. The first-order valence-corrected chi connectivity index (χ1v) is 8.93. The van der Waals surface area contributed by atoms with E-state index in [1.54, 1.807) is 6.92 Å². The van der Waals surface area contributed by atoms with Crippen molar-refractivity contribution < 1.29 is 27.9 Å². The molecule has 8 heteroatoms. The van der Waals surface area contributed by atoms with Crippen LogP contribution in [0.15, 0.2) is 0 Å². The highest BCUT2D eigenvalue weighted by Crippen LogP contribution is 2.12. The van der Waals surface area contributed by atoms with Crippen molar-refractivity contribution in [3.63, 3.8) is 0 Å². The number of amides is 1. The summed E-state index contributed by atoms with van der Waals surface area (Å²) in [5.41, 5.74) is 0. The number of carboxylic acids is 1. The van der Waals surface area contributed by atoms with E-state index in [0.29, 0.717) is 6.42 Å². The summed E-state index contributed by atoms with van der Waals surface area (Å²) in [5.74, 6) is -2.26. The Morgan fingerprint density at radius 3 is 2.52 bits per heavy atom. The SMILES string of the molecule is CCCCCS(=O)(=O)CC(=O)N1CC(C(=O)O)O[C@H](C)C1. The summed E-state index contributed by atoms with van der Waals surface area (Å²) in [6.45, 7) is 3.74. The normalized spacial score (nSPS) is 23.0. The van der Waals surface area contributed by atoms with Gasteiger partial charge in [-0.3, -0.25) is 4.79 Å². The first-order chi connectivity index (χ1) is 9.75. The van der Waals surface area contributed by atoms with Crippen LogP contribution in [0.1, 0.15) is 33.1 Å². The Labute approximate surface area is 125 Å². The Kier molecular flexibility index (Phi) is 6.60. The molecule has 1 heterocycles. The van der Waals surface area contributed by atoms with E-state index in [1.165, 1.54) is 4.90 Å². The topological polar surface area (TPSA) is 101 Å². The van der Waals surface area contributed by atoms with Gasteiger partial charge in [0.2, 0.25) is 5.91 Å². The summed E-state index contributed by atoms with van der Waals surface area (Å²) in [7, 11) is -3.44. The lowest BCUT2D eigenvalue weighted by Gasteiger charge is -2.34. The van der Waals surface area contributed by atoms with Gasteiger partial charge in [0, 0.05) is 6.54 Å². The van der Waals surface area contributed by atoms with Gasteiger partial charge in [-0.2, -0.15) is 0 Å². The van der Waals surface area contributed by atoms with E-state index < -0.39 is 39.7 Å². The molecule has 1 aliphatic rings. The lowest BCUT2D eigenvalue weighted by Crippen LogP contribution is -2.53. The van der Waals surface area contributed by atoms with Gasteiger partial charge < -0.3 is 14.7 Å². The third kappa shape index (κ3) is 6.01. The molecule has 7 nitrogen and oxygen atoms in total. The van der Waals surface area contributed by atoms with E-state index >= 15 is 0 Å². The number of aliphatic carboxylic acids is 1. The molecule has 1 aliphatic heterocycles. The Balaban J connectivity index is 2.59. The Morgan fingerprint density at radius 1 is 1.29 bits per heavy atom. The van der Waals surface area contributed by atoms with Crippen LogP contribution in [-0.4, -0.2) is 67.1 Å². The summed E-state index contributed by atoms with van der Waals surface area (Å²) in [5, 5.41) is 8.95. The summed E-state index contributed by atoms with van der Waals surface area (Å²) < 4.78 is 28.9. The molecule has 1 unspecified atom stereocenters. The van der Waals surface area contributed by atoms with Crippen LogP contribution in [-0.2, 0) is 24.2 Å². The number of sulfone groups is 1. The van der Waals surface area contributed by atoms with Gasteiger partial charge in [0.05, 0.1) is 18.4 Å². The molecule has 1 saturated heterocycles. The first kappa shape index (κ1) is 17.9. The quantitative estimate of drug-likeness (QED) is 0.676. The monoisotopic (exact) mass is 321 g/mol. The van der Waals surface area contributed by atoms with Gasteiger partial charge in [-0.25, -0.2) is 13.2 Å². The molecular weight excluding hydrogens is 298 g/mol. The van der Waals surface area contributed by atoms with E-state index in [9.17, 15) is 18.0 Å². The van der Waals surface area contributed by atoms with E-state index in [2.05, 4.69) is 0 Å². The molecular formula is C13H23NO6S. The molecule has 0 aromatic heterocycles. The van der Waals surface area contributed by atoms with Crippen LogP contribution >= 0.6 is 0 Å². The molecule has 122 valence electrons. The van der Waals surface area contributed by atoms with Crippen molar-refractivity contribution in [2.45, 2.75) is 45.3 Å². The highest BCUT2D eigenvalue weighted by atomic mass is 32.2. The van der Waals surface area contributed by atoms with Crippen LogP contribution in [0.3, 0.4) is 0 Å². The molecule has 1 rings (SSSR count). The van der Waals surface area contributed by atoms with Crippen LogP contribution < -0.4 is 0 Å². The summed E-state index contributed by atoms with van der Waals surface area (Å²) in [6.07, 6.45) is 0.740. The molecule has 0 bridgehead atoms. The second-order valence-corrected chi connectivity index (χ2v) is 7.56. The zero-order valence-electron chi connectivity index (χ0n) is 12.4. The zero-order valence-corrected chi connectivity index (χ0v) is 13.3. The standard InChI is InChI=1S/C13H23NO6S/c1-3-4-5-6-21(18,19)9-12(15)14-7-10(2)20-11(8-14)13(16)17/h10-11H,3-9H2,1-2H3,(H,16,17)/t10-,11?/m1/s1. The molecule has 2 atom stereocenters. The van der Waals surface area contributed by atoms with Gasteiger partial charge in [-0.05, 0) is 13.3 Å². The molecule has 0 saturated carbocycles. The zero-order chi connectivity index (χ0) is 16.0. The summed E-state index contributed by atoms with van der Waals surface area (Å²) in [4.78, 5) is 24.3. The van der Waals surface area contributed by atoms with Crippen molar-refractivity contribution >= 4 is 21.7 Å². The highest BCUT2D eigenvalue weighted by molar-refractivity contribution is 7.92. The predicted molar refractivity (Wildman–Crippen MR) is 76.7 cm³/mol. The smallest absolute Gasteiger partial charge is 0.334 e. The van der Waals surface area contributed by atoms with Crippen molar-refractivity contribution in [1.29, 1.82) is 0 Å². The molecule has 0 aliphatic carbocycles. The number of carbonyl (C=O) groups is 2. The fourth-order valence-corrected chi connectivity index (χ4v) is 3.56. The van der Waals surface area contributed by atoms with Crippen molar-refractivity contribution in [1.82, 2.24) is 4.90 Å². The number of unbranched alkanes of at least 4 members (excludes halogenated alkanes) is 2. The number of nitrogens with zero attached hydrogens (tertiary/aromatic N) is 1. The fourth-order valence-electron chi connectivity index (χ4n) is 2.22. The van der Waals surface area contributed by atoms with Gasteiger partial charge in [-0.15, -0.1) is 0 Å². The van der Waals surface area contributed by atoms with Crippen LogP contribution in [0.25, 0.3) is 0 Å². The minimum atomic E-state index is -3.44. The van der Waals surface area contributed by atoms with Gasteiger partial charge in [0.25, 0.3) is 0 Å². The van der Waals surface area contributed by atoms with Crippen LogP contribution in [0.2, 0.25) is 0 Å². The molecule has 0 radical (unpaired) electrons. The number of morpholine rings is 1. The van der Waals surface area contributed by atoms with Gasteiger partial charge in [0.1, 0.15) is 5.75 Å². The highest BCUT2D eigenvalue weighted by Gasteiger charge is 2.33. The molecule has 1 N–H and O–H groups in total. The molecule has 1 amide bonds. The van der Waals surface area contributed by atoms with Crippen molar-refractivity contribution in [3.05, 3.63) is 0 Å². The number of carboxylic acid groups (broad SMARTS) is 1. The van der Waals surface area contributed by atoms with Crippen molar-refractivity contribution in [2.75, 3.05) is 24.6 Å². The largest absolute Gasteiger partial charge is 0.479 e. The van der Waals surface area contributed by atoms with Gasteiger partial charge >= 0.3 is 5.97 Å². The van der Waals surface area contributed by atoms with Crippen LogP contribution in [0.4, 0.5) is 0 Å². The lowest BCUT2D eigenvalue weighted by atomic mass is 10.2. The number of ether oxygens (including phenoxy) is 1. The van der Waals surface area contributed by atoms with Crippen molar-refractivity contribution in [2.24, 2.45) is 0 Å². The minimum Gasteiger partial charge on any atom is -0.479 e. The molecule has 0 spiro atoms. The van der Waals surface area contributed by atoms with Crippen LogP contribution in [0.5, 0.6) is 0 Å². The molecule has 1 fully saturated rings. The van der Waals surface area contributed by atoms with E-state index in [-0.39, 0.29) is 18.8 Å².